The van der Waals surface area contributed by atoms with Crippen LogP contribution in [0.3, 0.4) is 0 Å². The largest absolute Gasteiger partial charge is 0.463 e. The minimum atomic E-state index is -0.651. The van der Waals surface area contributed by atoms with Gasteiger partial charge in [0.05, 0.1) is 6.61 Å². The molecule has 0 amide bonds. The minimum absolute atomic E-state index is 0.288. The summed E-state index contributed by atoms with van der Waals surface area (Å²) in [6, 6.07) is 0. The second-order valence-electron chi connectivity index (χ2n) is 2.62. The van der Waals surface area contributed by atoms with E-state index in [1.54, 1.807) is 6.92 Å². The average molecular weight is 172 g/mol. The molecule has 1 saturated heterocycles. The number of hydrogen-bond acceptors (Lipinski definition) is 4. The Morgan fingerprint density at radius 2 is 2.25 bits per heavy atom. The quantitative estimate of drug-likeness (QED) is 0.582. The summed E-state index contributed by atoms with van der Waals surface area (Å²) in [4.78, 5) is 21.8. The molecule has 0 aromatic rings. The monoisotopic (exact) mass is 172 g/mol. The summed E-state index contributed by atoms with van der Waals surface area (Å²) < 4.78 is 9.35. The number of rotatable bonds is 3. The Hall–Kier alpha value is -1.06. The van der Waals surface area contributed by atoms with Gasteiger partial charge in [-0.2, -0.15) is 0 Å². The van der Waals surface area contributed by atoms with Crippen molar-refractivity contribution >= 4 is 11.9 Å². The van der Waals surface area contributed by atoms with E-state index < -0.39 is 12.1 Å². The molecule has 1 rings (SSSR count). The fourth-order valence-electron chi connectivity index (χ4n) is 1.16. The van der Waals surface area contributed by atoms with Crippen molar-refractivity contribution in [1.82, 2.24) is 0 Å². The Morgan fingerprint density at radius 1 is 1.58 bits per heavy atom. The second kappa shape index (κ2) is 3.56. The summed E-state index contributed by atoms with van der Waals surface area (Å²) >= 11 is 0. The lowest BCUT2D eigenvalue weighted by atomic mass is 9.94. The predicted molar refractivity (Wildman–Crippen MR) is 40.3 cm³/mol. The van der Waals surface area contributed by atoms with Crippen LogP contribution < -0.4 is 0 Å². The van der Waals surface area contributed by atoms with Crippen molar-refractivity contribution in [2.75, 3.05) is 6.61 Å². The van der Waals surface area contributed by atoms with Crippen molar-refractivity contribution in [2.45, 2.75) is 26.4 Å². The Kier molecular flexibility index (Phi) is 2.68. The molecule has 4 nitrogen and oxygen atoms in total. The SMILES string of the molecule is CCOC(=O)[C@H]1OC(=O)[C@H]1CC. The van der Waals surface area contributed by atoms with Crippen LogP contribution in [0.25, 0.3) is 0 Å². The van der Waals surface area contributed by atoms with Crippen molar-refractivity contribution in [3.05, 3.63) is 0 Å². The van der Waals surface area contributed by atoms with E-state index in [1.807, 2.05) is 6.92 Å². The lowest BCUT2D eigenvalue weighted by Gasteiger charge is -2.32. The fraction of sp³-hybridized carbons (Fsp3) is 0.750. The Bertz CT molecular complexity index is 199. The van der Waals surface area contributed by atoms with Gasteiger partial charge in [-0.05, 0) is 13.3 Å². The Morgan fingerprint density at radius 3 is 2.67 bits per heavy atom. The lowest BCUT2D eigenvalue weighted by molar-refractivity contribution is -0.198. The van der Waals surface area contributed by atoms with Gasteiger partial charge in [-0.3, -0.25) is 4.79 Å². The van der Waals surface area contributed by atoms with Crippen molar-refractivity contribution in [3.63, 3.8) is 0 Å². The van der Waals surface area contributed by atoms with Gasteiger partial charge in [0, 0.05) is 0 Å². The first-order valence-electron chi connectivity index (χ1n) is 4.07. The third-order valence-corrected chi connectivity index (χ3v) is 1.87. The number of esters is 2. The molecule has 0 radical (unpaired) electrons. The molecule has 12 heavy (non-hydrogen) atoms. The van der Waals surface area contributed by atoms with E-state index >= 15 is 0 Å². The zero-order chi connectivity index (χ0) is 9.14. The predicted octanol–water partition coefficient (Wildman–Crippen LogP) is 0.501. The van der Waals surface area contributed by atoms with Crippen LogP contribution in [-0.2, 0) is 19.1 Å². The molecule has 0 bridgehead atoms. The van der Waals surface area contributed by atoms with Crippen LogP contribution in [0.4, 0.5) is 0 Å². The van der Waals surface area contributed by atoms with Gasteiger partial charge in [-0.1, -0.05) is 6.92 Å². The molecule has 4 heteroatoms. The molecule has 68 valence electrons. The van der Waals surface area contributed by atoms with E-state index in [4.69, 9.17) is 4.74 Å². The standard InChI is InChI=1S/C8H12O4/c1-3-5-6(12-7(5)9)8(10)11-4-2/h5-6H,3-4H2,1-2H3/t5-,6-/m0/s1. The van der Waals surface area contributed by atoms with E-state index in [0.29, 0.717) is 13.0 Å². The third kappa shape index (κ3) is 1.42. The maximum absolute atomic E-state index is 11.0. The second-order valence-corrected chi connectivity index (χ2v) is 2.62. The summed E-state index contributed by atoms with van der Waals surface area (Å²) in [7, 11) is 0. The fourth-order valence-corrected chi connectivity index (χ4v) is 1.16. The number of hydrogen-bond donors (Lipinski definition) is 0. The first-order chi connectivity index (χ1) is 5.70. The molecule has 0 N–H and O–H groups in total. The topological polar surface area (TPSA) is 52.6 Å². The minimum Gasteiger partial charge on any atom is -0.463 e. The summed E-state index contributed by atoms with van der Waals surface area (Å²) in [5.41, 5.74) is 0. The maximum Gasteiger partial charge on any atom is 0.348 e. The van der Waals surface area contributed by atoms with Crippen molar-refractivity contribution in [2.24, 2.45) is 5.92 Å². The van der Waals surface area contributed by atoms with E-state index in [1.165, 1.54) is 0 Å². The summed E-state index contributed by atoms with van der Waals surface area (Å²) in [6.45, 7) is 3.89. The molecule has 0 aromatic heterocycles. The molecule has 0 spiro atoms. The molecular weight excluding hydrogens is 160 g/mol. The highest BCUT2D eigenvalue weighted by Gasteiger charge is 2.46. The summed E-state index contributed by atoms with van der Waals surface area (Å²) in [5.74, 6) is -1.01. The van der Waals surface area contributed by atoms with Crippen LogP contribution in [0.2, 0.25) is 0 Å². The van der Waals surface area contributed by atoms with Gasteiger partial charge in [0.25, 0.3) is 0 Å². The maximum atomic E-state index is 11.0. The third-order valence-electron chi connectivity index (χ3n) is 1.87. The zero-order valence-corrected chi connectivity index (χ0v) is 7.20. The molecule has 1 aliphatic heterocycles. The molecule has 0 aromatic carbocycles. The van der Waals surface area contributed by atoms with Crippen molar-refractivity contribution < 1.29 is 19.1 Å². The first kappa shape index (κ1) is 9.03. The number of carbonyl (C=O) groups excluding carboxylic acids is 2. The first-order valence-corrected chi connectivity index (χ1v) is 4.07. The van der Waals surface area contributed by atoms with Gasteiger partial charge in [0.1, 0.15) is 5.92 Å². The van der Waals surface area contributed by atoms with Gasteiger partial charge < -0.3 is 9.47 Å². The zero-order valence-electron chi connectivity index (χ0n) is 7.20. The molecule has 0 aliphatic carbocycles. The van der Waals surface area contributed by atoms with Gasteiger partial charge in [-0.25, -0.2) is 4.79 Å². The van der Waals surface area contributed by atoms with E-state index in [9.17, 15) is 9.59 Å². The highest BCUT2D eigenvalue weighted by atomic mass is 16.6. The molecular formula is C8H12O4. The lowest BCUT2D eigenvalue weighted by Crippen LogP contribution is -2.50. The van der Waals surface area contributed by atoms with Gasteiger partial charge in [0.15, 0.2) is 0 Å². The van der Waals surface area contributed by atoms with Crippen LogP contribution in [-0.4, -0.2) is 24.6 Å². The highest BCUT2D eigenvalue weighted by Crippen LogP contribution is 2.26. The molecule has 1 fully saturated rings. The van der Waals surface area contributed by atoms with Crippen LogP contribution in [0.15, 0.2) is 0 Å². The van der Waals surface area contributed by atoms with Crippen molar-refractivity contribution in [3.8, 4) is 0 Å². The van der Waals surface area contributed by atoms with Crippen LogP contribution in [0.1, 0.15) is 20.3 Å². The van der Waals surface area contributed by atoms with Crippen LogP contribution in [0.5, 0.6) is 0 Å². The molecule has 0 saturated carbocycles. The number of cyclic esters (lactones) is 1. The average Bonchev–Trinajstić information content (AvgIpc) is 2.01. The molecule has 1 heterocycles. The van der Waals surface area contributed by atoms with Gasteiger partial charge in [-0.15, -0.1) is 0 Å². The molecule has 1 aliphatic rings. The van der Waals surface area contributed by atoms with E-state index in [2.05, 4.69) is 4.74 Å². The Balaban J connectivity index is 2.44. The highest BCUT2D eigenvalue weighted by molar-refractivity contribution is 5.91. The van der Waals surface area contributed by atoms with Crippen LogP contribution >= 0.6 is 0 Å². The van der Waals surface area contributed by atoms with Gasteiger partial charge >= 0.3 is 11.9 Å². The normalized spacial score (nSPS) is 27.3. The molecule has 0 unspecified atom stereocenters. The number of carbonyl (C=O) groups is 2. The Labute approximate surface area is 70.8 Å². The number of ether oxygens (including phenoxy) is 2. The van der Waals surface area contributed by atoms with E-state index in [-0.39, 0.29) is 11.9 Å². The summed E-state index contributed by atoms with van der Waals surface area (Å²) in [5, 5.41) is 0. The van der Waals surface area contributed by atoms with Crippen molar-refractivity contribution in [1.29, 1.82) is 0 Å². The van der Waals surface area contributed by atoms with Gasteiger partial charge in [0.2, 0.25) is 6.10 Å². The van der Waals surface area contributed by atoms with Crippen LogP contribution in [0, 0.1) is 5.92 Å². The van der Waals surface area contributed by atoms with E-state index in [0.717, 1.165) is 0 Å². The smallest absolute Gasteiger partial charge is 0.348 e. The summed E-state index contributed by atoms with van der Waals surface area (Å²) in [6.07, 6.45) is -0.0232. The molecule has 2 atom stereocenters.